The Morgan fingerprint density at radius 1 is 1.39 bits per heavy atom. The van der Waals surface area contributed by atoms with Crippen LogP contribution in [0.1, 0.15) is 15.9 Å². The molecule has 1 amide bonds. The molecule has 5 heteroatoms. The monoisotopic (exact) mass is 253 g/mol. The number of nitrogens with one attached hydrogen (secondary N) is 1. The van der Waals surface area contributed by atoms with Gasteiger partial charge in [0.1, 0.15) is 0 Å². The number of hydrogen-bond donors (Lipinski definition) is 2. The maximum Gasteiger partial charge on any atom is 0.251 e. The molecule has 0 radical (unpaired) electrons. The molecule has 1 atom stereocenters. The molecule has 18 heavy (non-hydrogen) atoms. The number of benzene rings is 1. The molecule has 1 rings (SSSR count). The number of amides is 1. The molecule has 0 aliphatic carbocycles. The fourth-order valence-corrected chi connectivity index (χ4v) is 1.58. The van der Waals surface area contributed by atoms with Gasteiger partial charge in [0, 0.05) is 19.8 Å². The van der Waals surface area contributed by atoms with Crippen LogP contribution in [0.4, 0.5) is 0 Å². The van der Waals surface area contributed by atoms with Gasteiger partial charge in [-0.05, 0) is 17.7 Å². The second-order valence-corrected chi connectivity index (χ2v) is 3.94. The first kappa shape index (κ1) is 14.6. The summed E-state index contributed by atoms with van der Waals surface area (Å²) in [6, 6.07) is 6.77. The maximum absolute atomic E-state index is 11.9. The lowest BCUT2D eigenvalue weighted by Crippen LogP contribution is -2.40. The van der Waals surface area contributed by atoms with E-state index < -0.39 is 6.04 Å². The molecule has 2 N–H and O–H groups in total. The minimum absolute atomic E-state index is 0.155. The normalized spacial score (nSPS) is 12.2. The highest BCUT2D eigenvalue weighted by atomic mass is 16.5. The van der Waals surface area contributed by atoms with Crippen LogP contribution in [0.2, 0.25) is 0 Å². The summed E-state index contributed by atoms with van der Waals surface area (Å²) < 4.78 is 9.91. The average Bonchev–Trinajstić information content (AvgIpc) is 2.39. The smallest absolute Gasteiger partial charge is 0.251 e. The summed E-state index contributed by atoms with van der Waals surface area (Å²) in [6.07, 6.45) is 0. The van der Waals surface area contributed by atoms with Gasteiger partial charge >= 0.3 is 0 Å². The SMILES string of the molecule is COCc1cccc(C(=O)NC(CO)COC)c1. The van der Waals surface area contributed by atoms with Crippen molar-refractivity contribution in [2.75, 3.05) is 27.4 Å². The Bertz CT molecular complexity index is 381. The second-order valence-electron chi connectivity index (χ2n) is 3.94. The van der Waals surface area contributed by atoms with E-state index in [0.29, 0.717) is 12.2 Å². The average molecular weight is 253 g/mol. The largest absolute Gasteiger partial charge is 0.394 e. The third kappa shape index (κ3) is 4.44. The fraction of sp³-hybridized carbons (Fsp3) is 0.462. The van der Waals surface area contributed by atoms with Crippen LogP contribution < -0.4 is 5.32 Å². The van der Waals surface area contributed by atoms with E-state index in [0.717, 1.165) is 5.56 Å². The van der Waals surface area contributed by atoms with E-state index in [1.807, 2.05) is 6.07 Å². The third-order valence-corrected chi connectivity index (χ3v) is 2.42. The maximum atomic E-state index is 11.9. The van der Waals surface area contributed by atoms with Crippen molar-refractivity contribution in [3.05, 3.63) is 35.4 Å². The molecule has 1 aromatic carbocycles. The molecule has 0 spiro atoms. The van der Waals surface area contributed by atoms with E-state index in [1.54, 1.807) is 25.3 Å². The Hall–Kier alpha value is -1.43. The van der Waals surface area contributed by atoms with Crippen LogP contribution in [-0.2, 0) is 16.1 Å². The summed E-state index contributed by atoms with van der Waals surface area (Å²) in [4.78, 5) is 11.9. The van der Waals surface area contributed by atoms with Crippen LogP contribution in [0.15, 0.2) is 24.3 Å². The van der Waals surface area contributed by atoms with Crippen LogP contribution in [0, 0.1) is 0 Å². The molecule has 1 aromatic rings. The first-order chi connectivity index (χ1) is 8.71. The fourth-order valence-electron chi connectivity index (χ4n) is 1.58. The summed E-state index contributed by atoms with van der Waals surface area (Å²) in [7, 11) is 3.13. The van der Waals surface area contributed by atoms with Crippen LogP contribution >= 0.6 is 0 Å². The molecule has 0 aliphatic heterocycles. The van der Waals surface area contributed by atoms with Crippen molar-refractivity contribution in [1.82, 2.24) is 5.32 Å². The van der Waals surface area contributed by atoms with Crippen molar-refractivity contribution in [3.63, 3.8) is 0 Å². The van der Waals surface area contributed by atoms with Crippen molar-refractivity contribution in [2.45, 2.75) is 12.6 Å². The van der Waals surface area contributed by atoms with E-state index in [2.05, 4.69) is 5.32 Å². The van der Waals surface area contributed by atoms with Gasteiger partial charge in [-0.15, -0.1) is 0 Å². The summed E-state index contributed by atoms with van der Waals surface area (Å²) in [5.41, 5.74) is 1.47. The lowest BCUT2D eigenvalue weighted by atomic mass is 10.1. The highest BCUT2D eigenvalue weighted by molar-refractivity contribution is 5.94. The molecule has 0 fully saturated rings. The summed E-state index contributed by atoms with van der Waals surface area (Å²) in [5.74, 6) is -0.232. The first-order valence-electron chi connectivity index (χ1n) is 5.69. The van der Waals surface area contributed by atoms with E-state index in [4.69, 9.17) is 14.6 Å². The van der Waals surface area contributed by atoms with Crippen LogP contribution in [0.3, 0.4) is 0 Å². The van der Waals surface area contributed by atoms with Crippen molar-refractivity contribution >= 4 is 5.91 Å². The molecular weight excluding hydrogens is 234 g/mol. The number of aliphatic hydroxyl groups excluding tert-OH is 1. The molecule has 0 aromatic heterocycles. The predicted octanol–water partition coefficient (Wildman–Crippen LogP) is 0.570. The van der Waals surface area contributed by atoms with E-state index in [9.17, 15) is 4.79 Å². The van der Waals surface area contributed by atoms with Gasteiger partial charge in [0.05, 0.1) is 25.9 Å². The lowest BCUT2D eigenvalue weighted by molar-refractivity contribution is 0.0839. The van der Waals surface area contributed by atoms with Gasteiger partial charge in [-0.3, -0.25) is 4.79 Å². The number of ether oxygens (including phenoxy) is 2. The number of rotatable bonds is 7. The highest BCUT2D eigenvalue weighted by Crippen LogP contribution is 2.06. The van der Waals surface area contributed by atoms with Crippen molar-refractivity contribution in [3.8, 4) is 0 Å². The molecule has 5 nitrogen and oxygen atoms in total. The van der Waals surface area contributed by atoms with Crippen LogP contribution in [0.25, 0.3) is 0 Å². The first-order valence-corrected chi connectivity index (χ1v) is 5.69. The van der Waals surface area contributed by atoms with Gasteiger partial charge in [-0.1, -0.05) is 12.1 Å². The van der Waals surface area contributed by atoms with Gasteiger partial charge in [-0.25, -0.2) is 0 Å². The Labute approximate surface area is 107 Å². The van der Waals surface area contributed by atoms with Gasteiger partial charge in [0.2, 0.25) is 0 Å². The zero-order valence-electron chi connectivity index (χ0n) is 10.7. The Balaban J connectivity index is 2.68. The third-order valence-electron chi connectivity index (χ3n) is 2.42. The van der Waals surface area contributed by atoms with E-state index in [-0.39, 0.29) is 19.1 Å². The summed E-state index contributed by atoms with van der Waals surface area (Å²) in [5, 5.41) is 11.8. The van der Waals surface area contributed by atoms with E-state index in [1.165, 1.54) is 7.11 Å². The van der Waals surface area contributed by atoms with E-state index >= 15 is 0 Å². The van der Waals surface area contributed by atoms with Crippen LogP contribution in [-0.4, -0.2) is 44.5 Å². The van der Waals surface area contributed by atoms with Crippen LogP contribution in [0.5, 0.6) is 0 Å². The molecule has 0 aliphatic rings. The minimum Gasteiger partial charge on any atom is -0.394 e. The lowest BCUT2D eigenvalue weighted by Gasteiger charge is -2.15. The van der Waals surface area contributed by atoms with Crippen molar-refractivity contribution in [1.29, 1.82) is 0 Å². The molecular formula is C13H19NO4. The highest BCUT2D eigenvalue weighted by Gasteiger charge is 2.12. The molecule has 0 saturated carbocycles. The zero-order valence-corrected chi connectivity index (χ0v) is 10.7. The Morgan fingerprint density at radius 3 is 2.78 bits per heavy atom. The number of carbonyl (C=O) groups is 1. The Morgan fingerprint density at radius 2 is 2.17 bits per heavy atom. The quantitative estimate of drug-likeness (QED) is 0.745. The predicted molar refractivity (Wildman–Crippen MR) is 67.4 cm³/mol. The molecule has 100 valence electrons. The number of aliphatic hydroxyl groups is 1. The van der Waals surface area contributed by atoms with Crippen molar-refractivity contribution < 1.29 is 19.4 Å². The molecule has 0 bridgehead atoms. The minimum atomic E-state index is -0.395. The number of methoxy groups -OCH3 is 2. The zero-order chi connectivity index (χ0) is 13.4. The molecule has 0 saturated heterocycles. The van der Waals surface area contributed by atoms with Gasteiger partial charge in [0.15, 0.2) is 0 Å². The van der Waals surface area contributed by atoms with Gasteiger partial charge in [0.25, 0.3) is 5.91 Å². The standard InChI is InChI=1S/C13H19NO4/c1-17-8-10-4-3-5-11(6-10)13(16)14-12(7-15)9-18-2/h3-6,12,15H,7-9H2,1-2H3,(H,14,16). The molecule has 1 unspecified atom stereocenters. The van der Waals surface area contributed by atoms with Crippen molar-refractivity contribution in [2.24, 2.45) is 0 Å². The Kier molecular flexibility index (Phi) is 6.35. The summed E-state index contributed by atoms with van der Waals surface area (Å²) >= 11 is 0. The van der Waals surface area contributed by atoms with Gasteiger partial charge in [-0.2, -0.15) is 0 Å². The number of hydrogen-bond acceptors (Lipinski definition) is 4. The topological polar surface area (TPSA) is 67.8 Å². The second kappa shape index (κ2) is 7.81. The number of carbonyl (C=O) groups excluding carboxylic acids is 1. The summed E-state index contributed by atoms with van der Waals surface area (Å²) in [6.45, 7) is 0.583. The molecule has 0 heterocycles. The van der Waals surface area contributed by atoms with Gasteiger partial charge < -0.3 is 19.9 Å².